The second-order valence-corrected chi connectivity index (χ2v) is 2.66. The van der Waals surface area contributed by atoms with Gasteiger partial charge in [-0.2, -0.15) is 0 Å². The number of benzene rings is 1. The maximum absolute atomic E-state index is 13.0. The molecule has 0 atom stereocenters. The predicted octanol–water partition coefficient (Wildman–Crippen LogP) is 2.35. The van der Waals surface area contributed by atoms with Gasteiger partial charge in [-0.05, 0) is 17.7 Å². The van der Waals surface area contributed by atoms with Crippen LogP contribution in [0.3, 0.4) is 0 Å². The molecule has 0 bridgehead atoms. The third-order valence-corrected chi connectivity index (χ3v) is 1.59. The lowest BCUT2D eigenvalue weighted by atomic mass is 10.3. The first-order valence-corrected chi connectivity index (χ1v) is 4.00. The molecule has 1 rings (SSSR count). The van der Waals surface area contributed by atoms with Crippen molar-refractivity contribution in [1.29, 1.82) is 0 Å². The lowest BCUT2D eigenvalue weighted by molar-refractivity contribution is -0.114. The highest BCUT2D eigenvalue weighted by molar-refractivity contribution is 5.92. The molecule has 0 fully saturated rings. The van der Waals surface area contributed by atoms with Gasteiger partial charge in [0.15, 0.2) is 17.5 Å². The summed E-state index contributed by atoms with van der Waals surface area (Å²) >= 11 is 0. The zero-order valence-electron chi connectivity index (χ0n) is 7.75. The van der Waals surface area contributed by atoms with Crippen LogP contribution in [0, 0.1) is 17.5 Å². The summed E-state index contributed by atoms with van der Waals surface area (Å²) in [5.74, 6) is -5.37. The van der Waals surface area contributed by atoms with E-state index in [9.17, 15) is 18.0 Å². The minimum atomic E-state index is -1.68. The van der Waals surface area contributed by atoms with Crippen LogP contribution in [0.1, 0.15) is 0 Å². The van der Waals surface area contributed by atoms with Gasteiger partial charge in [-0.3, -0.25) is 4.79 Å². The fourth-order valence-electron chi connectivity index (χ4n) is 0.908. The predicted molar refractivity (Wildman–Crippen MR) is 49.0 cm³/mol. The van der Waals surface area contributed by atoms with E-state index < -0.39 is 35.6 Å². The second-order valence-electron chi connectivity index (χ2n) is 2.66. The molecule has 0 saturated carbocycles. The van der Waals surface area contributed by atoms with Gasteiger partial charge in [0.25, 0.3) is 0 Å². The molecule has 84 valence electrons. The average molecular weight is 230 g/mol. The van der Waals surface area contributed by atoms with E-state index in [1.54, 1.807) is 0 Å². The van der Waals surface area contributed by atoms with Gasteiger partial charge in [0.2, 0.25) is 5.91 Å². The molecule has 1 aromatic rings. The van der Waals surface area contributed by atoms with Crippen LogP contribution in [0.15, 0.2) is 17.2 Å². The fourth-order valence-corrected chi connectivity index (χ4v) is 0.908. The number of anilines is 1. The van der Waals surface area contributed by atoms with Gasteiger partial charge in [-0.25, -0.2) is 13.2 Å². The van der Waals surface area contributed by atoms with E-state index in [1.807, 2.05) is 5.32 Å². The molecule has 0 radical (unpaired) electrons. The maximum Gasteiger partial charge on any atom is 0.230 e. The molecule has 1 aromatic carbocycles. The van der Waals surface area contributed by atoms with Crippen LogP contribution < -0.4 is 5.32 Å². The first-order valence-electron chi connectivity index (χ1n) is 4.00. The molecule has 0 spiro atoms. The topological polar surface area (TPSA) is 77.9 Å². The van der Waals surface area contributed by atoms with Crippen molar-refractivity contribution in [3.05, 3.63) is 40.0 Å². The number of hydrogen-bond acceptors (Lipinski definition) is 2. The molecule has 0 aliphatic carbocycles. The Bertz CT molecular complexity index is 471. The summed E-state index contributed by atoms with van der Waals surface area (Å²) in [6.45, 7) is -0.561. The summed E-state index contributed by atoms with van der Waals surface area (Å²) in [5, 5.41) is 4.84. The van der Waals surface area contributed by atoms with Crippen molar-refractivity contribution >= 4 is 11.6 Å². The van der Waals surface area contributed by atoms with Crippen molar-refractivity contribution < 1.29 is 18.0 Å². The number of carbonyl (C=O) groups is 1. The van der Waals surface area contributed by atoms with Gasteiger partial charge in [0, 0.05) is 4.91 Å². The number of azide groups is 1. The summed E-state index contributed by atoms with van der Waals surface area (Å²) in [5.41, 5.74) is 7.39. The molecule has 0 heterocycles. The van der Waals surface area contributed by atoms with Crippen molar-refractivity contribution in [2.45, 2.75) is 0 Å². The molecule has 1 N–H and O–H groups in total. The monoisotopic (exact) mass is 230 g/mol. The summed E-state index contributed by atoms with van der Waals surface area (Å²) in [6.07, 6.45) is 0. The van der Waals surface area contributed by atoms with E-state index in [-0.39, 0.29) is 0 Å². The molecule has 0 aliphatic heterocycles. The molecule has 8 heteroatoms. The SMILES string of the molecule is [N-]=[N+]=NCC(=O)Nc1ccc(F)c(F)c1F. The van der Waals surface area contributed by atoms with Crippen molar-refractivity contribution in [1.82, 2.24) is 0 Å². The molecular weight excluding hydrogens is 225 g/mol. The van der Waals surface area contributed by atoms with E-state index >= 15 is 0 Å². The van der Waals surface area contributed by atoms with E-state index in [2.05, 4.69) is 10.0 Å². The van der Waals surface area contributed by atoms with Crippen LogP contribution in [0.4, 0.5) is 18.9 Å². The first kappa shape index (κ1) is 11.9. The minimum absolute atomic E-state index is 0.517. The Morgan fingerprint density at radius 1 is 1.38 bits per heavy atom. The molecular formula is C8H5F3N4O. The Hall–Kier alpha value is -2.21. The molecule has 0 aliphatic rings. The van der Waals surface area contributed by atoms with Crippen molar-refractivity contribution in [3.8, 4) is 0 Å². The third kappa shape index (κ3) is 2.64. The third-order valence-electron chi connectivity index (χ3n) is 1.59. The van der Waals surface area contributed by atoms with E-state index in [0.717, 1.165) is 6.07 Å². The van der Waals surface area contributed by atoms with Crippen LogP contribution in [0.5, 0.6) is 0 Å². The Labute approximate surface area is 87.5 Å². The highest BCUT2D eigenvalue weighted by Gasteiger charge is 2.14. The molecule has 0 aromatic heterocycles. The van der Waals surface area contributed by atoms with E-state index in [1.165, 1.54) is 0 Å². The van der Waals surface area contributed by atoms with Gasteiger partial charge in [-0.1, -0.05) is 5.11 Å². The second kappa shape index (κ2) is 5.04. The molecule has 0 unspecified atom stereocenters. The smallest absolute Gasteiger partial charge is 0.230 e. The van der Waals surface area contributed by atoms with Crippen LogP contribution in [-0.4, -0.2) is 12.5 Å². The highest BCUT2D eigenvalue weighted by atomic mass is 19.2. The highest BCUT2D eigenvalue weighted by Crippen LogP contribution is 2.19. The molecule has 16 heavy (non-hydrogen) atoms. The zero-order valence-corrected chi connectivity index (χ0v) is 7.75. The summed E-state index contributed by atoms with van der Waals surface area (Å²) in [4.78, 5) is 13.3. The van der Waals surface area contributed by atoms with Gasteiger partial charge in [0.1, 0.15) is 6.54 Å². The fraction of sp³-hybridized carbons (Fsp3) is 0.125. The van der Waals surface area contributed by atoms with Gasteiger partial charge >= 0.3 is 0 Å². The summed E-state index contributed by atoms with van der Waals surface area (Å²) in [6, 6.07) is 1.53. The summed E-state index contributed by atoms with van der Waals surface area (Å²) in [7, 11) is 0. The normalized spacial score (nSPS) is 9.44. The van der Waals surface area contributed by atoms with E-state index in [4.69, 9.17) is 5.53 Å². The van der Waals surface area contributed by atoms with Crippen LogP contribution in [-0.2, 0) is 4.79 Å². The van der Waals surface area contributed by atoms with Crippen molar-refractivity contribution in [2.24, 2.45) is 5.11 Å². The van der Waals surface area contributed by atoms with Crippen LogP contribution in [0.25, 0.3) is 10.4 Å². The summed E-state index contributed by atoms with van der Waals surface area (Å²) < 4.78 is 38.2. The number of hydrogen-bond donors (Lipinski definition) is 1. The number of nitrogens with zero attached hydrogens (tertiary/aromatic N) is 3. The number of rotatable bonds is 3. The maximum atomic E-state index is 13.0. The van der Waals surface area contributed by atoms with Crippen molar-refractivity contribution in [2.75, 3.05) is 11.9 Å². The lowest BCUT2D eigenvalue weighted by Crippen LogP contribution is -2.16. The van der Waals surface area contributed by atoms with Crippen LogP contribution >= 0.6 is 0 Å². The molecule has 5 nitrogen and oxygen atoms in total. The molecule has 0 saturated heterocycles. The van der Waals surface area contributed by atoms with Gasteiger partial charge < -0.3 is 5.32 Å². The van der Waals surface area contributed by atoms with Crippen LogP contribution in [0.2, 0.25) is 0 Å². The van der Waals surface area contributed by atoms with E-state index in [0.29, 0.717) is 6.07 Å². The average Bonchev–Trinajstić information content (AvgIpc) is 2.27. The van der Waals surface area contributed by atoms with Gasteiger partial charge in [0.05, 0.1) is 5.69 Å². The number of nitrogens with one attached hydrogen (secondary N) is 1. The zero-order chi connectivity index (χ0) is 12.1. The standard InChI is InChI=1S/C8H5F3N4O/c9-4-1-2-5(8(11)7(4)10)14-6(16)3-13-15-12/h1-2H,3H2,(H,14,16). The molecule has 1 amide bonds. The van der Waals surface area contributed by atoms with Gasteiger partial charge in [-0.15, -0.1) is 0 Å². The first-order chi connectivity index (χ1) is 7.56. The Balaban J connectivity index is 2.86. The quantitative estimate of drug-likeness (QED) is 0.368. The largest absolute Gasteiger partial charge is 0.323 e. The lowest BCUT2D eigenvalue weighted by Gasteiger charge is -2.05. The Morgan fingerprint density at radius 2 is 2.06 bits per heavy atom. The number of halogens is 3. The Morgan fingerprint density at radius 3 is 2.69 bits per heavy atom. The number of carbonyl (C=O) groups excluding carboxylic acids is 1. The minimum Gasteiger partial charge on any atom is -0.323 e. The number of amides is 1. The Kier molecular flexibility index (Phi) is 3.73. The van der Waals surface area contributed by atoms with Crippen molar-refractivity contribution in [3.63, 3.8) is 0 Å².